The van der Waals surface area contributed by atoms with Gasteiger partial charge in [-0.1, -0.05) is 41.4 Å². The van der Waals surface area contributed by atoms with Gasteiger partial charge in [0.2, 0.25) is 0 Å². The molecule has 0 aliphatic carbocycles. The van der Waals surface area contributed by atoms with Crippen molar-refractivity contribution in [2.24, 2.45) is 0 Å². The van der Waals surface area contributed by atoms with Gasteiger partial charge in [-0.3, -0.25) is 9.19 Å². The SMILES string of the molecule is Cc1ccc(-c2cccnc2-c2ccc(CS(=O)[O-])c(F)c2)cc1F. The Balaban J connectivity index is 2.08. The fraction of sp³-hybridized carbons (Fsp3) is 0.105. The van der Waals surface area contributed by atoms with Gasteiger partial charge in [-0.05, 0) is 41.8 Å². The lowest BCUT2D eigenvalue weighted by Crippen LogP contribution is -1.98. The zero-order valence-electron chi connectivity index (χ0n) is 13.3. The minimum atomic E-state index is -2.36. The van der Waals surface area contributed by atoms with Crippen LogP contribution in [0.2, 0.25) is 0 Å². The molecule has 0 N–H and O–H groups in total. The Hall–Kier alpha value is -2.44. The lowest BCUT2D eigenvalue weighted by atomic mass is 9.98. The fourth-order valence-corrected chi connectivity index (χ4v) is 3.06. The molecule has 0 amide bonds. The van der Waals surface area contributed by atoms with Gasteiger partial charge in [-0.15, -0.1) is 0 Å². The number of nitrogens with zero attached hydrogens (tertiary/aromatic N) is 1. The van der Waals surface area contributed by atoms with E-state index in [0.717, 1.165) is 0 Å². The number of benzene rings is 2. The summed E-state index contributed by atoms with van der Waals surface area (Å²) in [6.07, 6.45) is 1.57. The lowest BCUT2D eigenvalue weighted by molar-refractivity contribution is 0.533. The van der Waals surface area contributed by atoms with Crippen LogP contribution in [-0.2, 0) is 16.8 Å². The van der Waals surface area contributed by atoms with Gasteiger partial charge in [0.15, 0.2) is 0 Å². The standard InChI is InChI=1S/C19H15F2NO2S/c1-12-4-5-13(9-17(12)20)16-3-2-8-22-19(16)14-6-7-15(11-25(23)24)18(21)10-14/h2-10H,11H2,1H3,(H,23,24)/p-1. The van der Waals surface area contributed by atoms with Crippen molar-refractivity contribution in [1.29, 1.82) is 0 Å². The molecule has 1 atom stereocenters. The molecule has 3 nitrogen and oxygen atoms in total. The largest absolute Gasteiger partial charge is 0.772 e. The molecule has 3 aromatic rings. The van der Waals surface area contributed by atoms with Crippen LogP contribution >= 0.6 is 0 Å². The topological polar surface area (TPSA) is 53.0 Å². The number of halogens is 2. The first-order chi connectivity index (χ1) is 12.0. The van der Waals surface area contributed by atoms with E-state index in [1.165, 1.54) is 18.2 Å². The molecule has 0 saturated carbocycles. The zero-order valence-corrected chi connectivity index (χ0v) is 14.1. The van der Waals surface area contributed by atoms with Crippen molar-refractivity contribution in [2.45, 2.75) is 12.7 Å². The molecule has 0 bridgehead atoms. The molecule has 0 aliphatic rings. The summed E-state index contributed by atoms with van der Waals surface area (Å²) in [5.74, 6) is -1.33. The van der Waals surface area contributed by atoms with Crippen molar-refractivity contribution >= 4 is 11.1 Å². The third-order valence-electron chi connectivity index (χ3n) is 3.89. The van der Waals surface area contributed by atoms with E-state index in [9.17, 15) is 17.5 Å². The van der Waals surface area contributed by atoms with Gasteiger partial charge in [-0.25, -0.2) is 8.78 Å². The summed E-state index contributed by atoms with van der Waals surface area (Å²) in [6.45, 7) is 1.68. The summed E-state index contributed by atoms with van der Waals surface area (Å²) in [5.41, 5.74) is 2.93. The molecule has 25 heavy (non-hydrogen) atoms. The van der Waals surface area contributed by atoms with Crippen LogP contribution in [0, 0.1) is 18.6 Å². The van der Waals surface area contributed by atoms with Crippen LogP contribution in [0.3, 0.4) is 0 Å². The first kappa shape index (κ1) is 17.4. The maximum Gasteiger partial charge on any atom is 0.127 e. The molecule has 0 radical (unpaired) electrons. The van der Waals surface area contributed by atoms with Crippen LogP contribution in [0.5, 0.6) is 0 Å². The van der Waals surface area contributed by atoms with E-state index in [-0.39, 0.29) is 17.1 Å². The number of aryl methyl sites for hydroxylation is 1. The van der Waals surface area contributed by atoms with Crippen LogP contribution < -0.4 is 0 Å². The van der Waals surface area contributed by atoms with E-state index < -0.39 is 16.9 Å². The van der Waals surface area contributed by atoms with Gasteiger partial charge in [0.25, 0.3) is 0 Å². The highest BCUT2D eigenvalue weighted by molar-refractivity contribution is 7.78. The first-order valence-electron chi connectivity index (χ1n) is 7.52. The first-order valence-corrected chi connectivity index (χ1v) is 8.76. The van der Waals surface area contributed by atoms with E-state index in [1.807, 2.05) is 0 Å². The Labute approximate surface area is 146 Å². The lowest BCUT2D eigenvalue weighted by Gasteiger charge is -2.12. The molecule has 3 rings (SSSR count). The van der Waals surface area contributed by atoms with Gasteiger partial charge in [-0.2, -0.15) is 0 Å². The number of aromatic nitrogens is 1. The van der Waals surface area contributed by atoms with Crippen LogP contribution in [-0.4, -0.2) is 13.7 Å². The molecule has 6 heteroatoms. The number of hydrogen-bond donors (Lipinski definition) is 0. The van der Waals surface area contributed by atoms with Crippen molar-refractivity contribution in [2.75, 3.05) is 0 Å². The quantitative estimate of drug-likeness (QED) is 0.650. The van der Waals surface area contributed by atoms with Crippen molar-refractivity contribution in [3.05, 3.63) is 77.5 Å². The summed E-state index contributed by atoms with van der Waals surface area (Å²) < 4.78 is 49.6. The van der Waals surface area contributed by atoms with Crippen molar-refractivity contribution < 1.29 is 17.5 Å². The van der Waals surface area contributed by atoms with Crippen LogP contribution in [0.4, 0.5) is 8.78 Å². The molecule has 0 saturated heterocycles. The Morgan fingerprint density at radius 2 is 1.76 bits per heavy atom. The molecule has 2 aromatic carbocycles. The van der Waals surface area contributed by atoms with Gasteiger partial charge in [0.1, 0.15) is 11.6 Å². The van der Waals surface area contributed by atoms with Gasteiger partial charge >= 0.3 is 0 Å². The predicted octanol–water partition coefficient (Wildman–Crippen LogP) is 4.38. The third kappa shape index (κ3) is 3.81. The number of rotatable bonds is 4. The number of pyridine rings is 1. The molecule has 1 heterocycles. The Morgan fingerprint density at radius 3 is 2.44 bits per heavy atom. The van der Waals surface area contributed by atoms with E-state index in [4.69, 9.17) is 0 Å². The smallest absolute Gasteiger partial charge is 0.127 e. The summed E-state index contributed by atoms with van der Waals surface area (Å²) in [5, 5.41) is 0. The molecule has 1 aromatic heterocycles. The van der Waals surface area contributed by atoms with Crippen LogP contribution in [0.25, 0.3) is 22.4 Å². The maximum atomic E-state index is 14.2. The maximum absolute atomic E-state index is 14.2. The van der Waals surface area contributed by atoms with E-state index in [1.54, 1.807) is 43.5 Å². The Morgan fingerprint density at radius 1 is 1.04 bits per heavy atom. The molecule has 0 fully saturated rings. The summed E-state index contributed by atoms with van der Waals surface area (Å²) >= 11 is -2.36. The normalized spacial score (nSPS) is 12.2. The summed E-state index contributed by atoms with van der Waals surface area (Å²) in [6, 6.07) is 12.7. The van der Waals surface area contributed by atoms with Crippen LogP contribution in [0.1, 0.15) is 11.1 Å². The Bertz CT molecular complexity index is 960. The predicted molar refractivity (Wildman–Crippen MR) is 92.4 cm³/mol. The molecule has 0 spiro atoms. The number of hydrogen-bond acceptors (Lipinski definition) is 3. The highest BCUT2D eigenvalue weighted by atomic mass is 32.2. The zero-order chi connectivity index (χ0) is 18.0. The summed E-state index contributed by atoms with van der Waals surface area (Å²) in [4.78, 5) is 4.30. The molecule has 128 valence electrons. The molecular formula is C19H14F2NO2S-. The van der Waals surface area contributed by atoms with Crippen molar-refractivity contribution in [3.63, 3.8) is 0 Å². The highest BCUT2D eigenvalue weighted by Crippen LogP contribution is 2.32. The second-order valence-electron chi connectivity index (χ2n) is 5.62. The van der Waals surface area contributed by atoms with E-state index in [0.29, 0.717) is 27.9 Å². The van der Waals surface area contributed by atoms with E-state index >= 15 is 0 Å². The second-order valence-corrected chi connectivity index (χ2v) is 6.51. The van der Waals surface area contributed by atoms with Gasteiger partial charge < -0.3 is 4.55 Å². The van der Waals surface area contributed by atoms with Gasteiger partial charge in [0.05, 0.1) is 5.69 Å². The molecule has 1 unspecified atom stereocenters. The van der Waals surface area contributed by atoms with E-state index in [2.05, 4.69) is 4.98 Å². The van der Waals surface area contributed by atoms with Crippen molar-refractivity contribution in [3.8, 4) is 22.4 Å². The minimum absolute atomic E-state index is 0.0935. The van der Waals surface area contributed by atoms with Gasteiger partial charge in [0, 0.05) is 23.1 Å². The summed E-state index contributed by atoms with van der Waals surface area (Å²) in [7, 11) is 0. The monoisotopic (exact) mass is 358 g/mol. The van der Waals surface area contributed by atoms with Crippen molar-refractivity contribution in [1.82, 2.24) is 4.98 Å². The fourth-order valence-electron chi connectivity index (χ4n) is 2.57. The highest BCUT2D eigenvalue weighted by Gasteiger charge is 2.12. The molecular weight excluding hydrogens is 344 g/mol. The third-order valence-corrected chi connectivity index (χ3v) is 4.44. The Kier molecular flexibility index (Phi) is 5.01. The minimum Gasteiger partial charge on any atom is -0.772 e. The second kappa shape index (κ2) is 7.21. The average molecular weight is 358 g/mol. The average Bonchev–Trinajstić information content (AvgIpc) is 2.59. The van der Waals surface area contributed by atoms with Crippen LogP contribution in [0.15, 0.2) is 54.7 Å². The molecule has 0 aliphatic heterocycles.